The van der Waals surface area contributed by atoms with Gasteiger partial charge in [-0.15, -0.1) is 0 Å². The third-order valence-electron chi connectivity index (χ3n) is 2.84. The Labute approximate surface area is 118 Å². The molecule has 0 aliphatic rings. The van der Waals surface area contributed by atoms with E-state index in [4.69, 9.17) is 5.73 Å². The number of nitrogens with two attached hydrogens (primary N) is 1. The number of benzene rings is 1. The number of carbonyl (C=O) groups is 1. The van der Waals surface area contributed by atoms with E-state index in [2.05, 4.69) is 10.3 Å². The molecule has 0 saturated carbocycles. The number of amides is 1. The van der Waals surface area contributed by atoms with Crippen LogP contribution in [0, 0.1) is 22.9 Å². The standard InChI is InChI=1S/C13H11FN4O3/c1-7-2-3-16-6-11(7)17-13(19)8-4-10(15)9(14)5-12(8)18(20)21/h2-6H,15H2,1H3,(H,17,19). The van der Waals surface area contributed by atoms with Crippen molar-refractivity contribution in [3.05, 3.63) is 57.7 Å². The Morgan fingerprint density at radius 1 is 1.48 bits per heavy atom. The molecule has 0 fully saturated rings. The van der Waals surface area contributed by atoms with Gasteiger partial charge in [-0.05, 0) is 24.6 Å². The number of rotatable bonds is 3. The number of halogens is 1. The highest BCUT2D eigenvalue weighted by atomic mass is 19.1. The molecule has 0 unspecified atom stereocenters. The van der Waals surface area contributed by atoms with Crippen LogP contribution >= 0.6 is 0 Å². The van der Waals surface area contributed by atoms with Crippen LogP contribution in [0.1, 0.15) is 15.9 Å². The van der Waals surface area contributed by atoms with Crippen molar-refractivity contribution in [2.45, 2.75) is 6.92 Å². The van der Waals surface area contributed by atoms with Crippen molar-refractivity contribution in [2.24, 2.45) is 0 Å². The Kier molecular flexibility index (Phi) is 3.79. The summed E-state index contributed by atoms with van der Waals surface area (Å²) in [5, 5.41) is 13.4. The summed E-state index contributed by atoms with van der Waals surface area (Å²) in [7, 11) is 0. The normalized spacial score (nSPS) is 10.2. The first-order valence-corrected chi connectivity index (χ1v) is 5.85. The van der Waals surface area contributed by atoms with E-state index in [0.717, 1.165) is 11.6 Å². The first-order chi connectivity index (χ1) is 9.90. The van der Waals surface area contributed by atoms with Gasteiger partial charge in [-0.25, -0.2) is 4.39 Å². The molecule has 0 aliphatic heterocycles. The van der Waals surface area contributed by atoms with Gasteiger partial charge in [0.1, 0.15) is 5.56 Å². The lowest BCUT2D eigenvalue weighted by Crippen LogP contribution is -2.15. The summed E-state index contributed by atoms with van der Waals surface area (Å²) in [6.45, 7) is 1.74. The Bertz CT molecular complexity index is 733. The Morgan fingerprint density at radius 2 is 2.19 bits per heavy atom. The van der Waals surface area contributed by atoms with Crippen molar-refractivity contribution in [1.82, 2.24) is 4.98 Å². The van der Waals surface area contributed by atoms with Crippen molar-refractivity contribution < 1.29 is 14.1 Å². The predicted molar refractivity (Wildman–Crippen MR) is 74.4 cm³/mol. The molecular weight excluding hydrogens is 279 g/mol. The van der Waals surface area contributed by atoms with Gasteiger partial charge < -0.3 is 11.1 Å². The summed E-state index contributed by atoms with van der Waals surface area (Å²) in [5.41, 5.74) is 5.19. The third-order valence-corrected chi connectivity index (χ3v) is 2.84. The highest BCUT2D eigenvalue weighted by Gasteiger charge is 2.23. The zero-order valence-corrected chi connectivity index (χ0v) is 11.0. The molecule has 1 amide bonds. The van der Waals surface area contributed by atoms with E-state index in [9.17, 15) is 19.3 Å². The third kappa shape index (κ3) is 2.94. The summed E-state index contributed by atoms with van der Waals surface area (Å²) in [6, 6.07) is 3.23. The number of nitrogen functional groups attached to an aromatic ring is 1. The molecule has 0 spiro atoms. The summed E-state index contributed by atoms with van der Waals surface area (Å²) < 4.78 is 13.3. The largest absolute Gasteiger partial charge is 0.396 e. The van der Waals surface area contributed by atoms with Gasteiger partial charge in [0.15, 0.2) is 5.82 Å². The van der Waals surface area contributed by atoms with Crippen molar-refractivity contribution in [3.63, 3.8) is 0 Å². The number of aromatic nitrogens is 1. The van der Waals surface area contributed by atoms with E-state index in [-0.39, 0.29) is 11.3 Å². The van der Waals surface area contributed by atoms with Crippen LogP contribution in [0.15, 0.2) is 30.6 Å². The van der Waals surface area contributed by atoms with E-state index in [1.165, 1.54) is 6.20 Å². The zero-order valence-electron chi connectivity index (χ0n) is 11.0. The van der Waals surface area contributed by atoms with Gasteiger partial charge in [0.05, 0.1) is 28.6 Å². The van der Waals surface area contributed by atoms with Gasteiger partial charge in [-0.3, -0.25) is 19.9 Å². The molecule has 1 heterocycles. The van der Waals surface area contributed by atoms with Gasteiger partial charge >= 0.3 is 0 Å². The number of nitro groups is 1. The lowest BCUT2D eigenvalue weighted by molar-refractivity contribution is -0.385. The number of nitrogens with one attached hydrogen (secondary N) is 1. The Morgan fingerprint density at radius 3 is 2.81 bits per heavy atom. The average molecular weight is 290 g/mol. The van der Waals surface area contributed by atoms with Crippen LogP contribution in [0.25, 0.3) is 0 Å². The molecule has 8 heteroatoms. The van der Waals surface area contributed by atoms with Gasteiger partial charge in [0.2, 0.25) is 0 Å². The molecule has 21 heavy (non-hydrogen) atoms. The fourth-order valence-electron chi connectivity index (χ4n) is 1.70. The summed E-state index contributed by atoms with van der Waals surface area (Å²) in [4.78, 5) is 26.1. The molecule has 0 radical (unpaired) electrons. The molecule has 0 bridgehead atoms. The van der Waals surface area contributed by atoms with Crippen LogP contribution in [0.3, 0.4) is 0 Å². The van der Waals surface area contributed by atoms with Gasteiger partial charge in [0.25, 0.3) is 11.6 Å². The number of nitrogens with zero attached hydrogens (tertiary/aromatic N) is 2. The molecule has 7 nitrogen and oxygen atoms in total. The number of aryl methyl sites for hydroxylation is 1. The second-order valence-corrected chi connectivity index (χ2v) is 4.29. The Balaban J connectivity index is 2.42. The topological polar surface area (TPSA) is 111 Å². The first-order valence-electron chi connectivity index (χ1n) is 5.85. The maximum Gasteiger partial charge on any atom is 0.285 e. The van der Waals surface area contributed by atoms with Crippen LogP contribution in [0.2, 0.25) is 0 Å². The van der Waals surface area contributed by atoms with Crippen molar-refractivity contribution in [1.29, 1.82) is 0 Å². The highest BCUT2D eigenvalue weighted by Crippen LogP contribution is 2.25. The monoisotopic (exact) mass is 290 g/mol. The van der Waals surface area contributed by atoms with Crippen molar-refractivity contribution in [2.75, 3.05) is 11.1 Å². The highest BCUT2D eigenvalue weighted by molar-refractivity contribution is 6.07. The van der Waals surface area contributed by atoms with E-state index in [0.29, 0.717) is 11.8 Å². The quantitative estimate of drug-likeness (QED) is 0.511. The molecule has 0 aliphatic carbocycles. The number of anilines is 2. The fourth-order valence-corrected chi connectivity index (χ4v) is 1.70. The molecular formula is C13H11FN4O3. The molecule has 1 aromatic carbocycles. The molecule has 1 aromatic heterocycles. The van der Waals surface area contributed by atoms with E-state index in [1.54, 1.807) is 19.2 Å². The molecule has 108 valence electrons. The van der Waals surface area contributed by atoms with Crippen LogP contribution < -0.4 is 11.1 Å². The molecule has 2 aromatic rings. The van der Waals surface area contributed by atoms with E-state index < -0.39 is 22.3 Å². The smallest absolute Gasteiger partial charge is 0.285 e. The maximum atomic E-state index is 13.3. The summed E-state index contributed by atoms with van der Waals surface area (Å²) in [5.74, 6) is -1.71. The lowest BCUT2D eigenvalue weighted by atomic mass is 10.1. The van der Waals surface area contributed by atoms with E-state index in [1.807, 2.05) is 0 Å². The van der Waals surface area contributed by atoms with Gasteiger partial charge in [0, 0.05) is 6.20 Å². The van der Waals surface area contributed by atoms with Crippen molar-refractivity contribution in [3.8, 4) is 0 Å². The average Bonchev–Trinajstić information content (AvgIpc) is 2.43. The first kappa shape index (κ1) is 14.4. The Hall–Kier alpha value is -3.03. The molecule has 3 N–H and O–H groups in total. The maximum absolute atomic E-state index is 13.3. The van der Waals surface area contributed by atoms with Crippen molar-refractivity contribution >= 4 is 23.0 Å². The van der Waals surface area contributed by atoms with Crippen LogP contribution in [-0.4, -0.2) is 15.8 Å². The molecule has 0 saturated heterocycles. The van der Waals surface area contributed by atoms with Crippen LogP contribution in [0.5, 0.6) is 0 Å². The SMILES string of the molecule is Cc1ccncc1NC(=O)c1cc(N)c(F)cc1[N+](=O)[O-]. The summed E-state index contributed by atoms with van der Waals surface area (Å²) >= 11 is 0. The van der Waals surface area contributed by atoms with E-state index >= 15 is 0 Å². The van der Waals surface area contributed by atoms with Gasteiger partial charge in [-0.1, -0.05) is 0 Å². The number of hydrogen-bond donors (Lipinski definition) is 2. The second kappa shape index (κ2) is 5.53. The minimum absolute atomic E-state index is 0.317. The lowest BCUT2D eigenvalue weighted by Gasteiger charge is -2.08. The predicted octanol–water partition coefficient (Wildman–Crippen LogP) is 2.27. The number of hydrogen-bond acceptors (Lipinski definition) is 5. The fraction of sp³-hybridized carbons (Fsp3) is 0.0769. The van der Waals surface area contributed by atoms with Gasteiger partial charge in [-0.2, -0.15) is 0 Å². The molecule has 2 rings (SSSR count). The van der Waals surface area contributed by atoms with Crippen LogP contribution in [0.4, 0.5) is 21.5 Å². The minimum atomic E-state index is -0.948. The second-order valence-electron chi connectivity index (χ2n) is 4.29. The number of carbonyl (C=O) groups excluding carboxylic acids is 1. The zero-order chi connectivity index (χ0) is 15.6. The minimum Gasteiger partial charge on any atom is -0.396 e. The number of pyridine rings is 1. The number of nitro benzene ring substituents is 1. The molecule has 0 atom stereocenters. The summed E-state index contributed by atoms with van der Waals surface area (Å²) in [6.07, 6.45) is 2.95. The van der Waals surface area contributed by atoms with Crippen LogP contribution in [-0.2, 0) is 0 Å².